The summed E-state index contributed by atoms with van der Waals surface area (Å²) in [5.41, 5.74) is 5.80. The fourth-order valence-electron chi connectivity index (χ4n) is 1.57. The van der Waals surface area contributed by atoms with Crippen LogP contribution in [-0.2, 0) is 4.74 Å². The van der Waals surface area contributed by atoms with Crippen molar-refractivity contribution in [3.8, 4) is 0 Å². The fraction of sp³-hybridized carbons (Fsp3) is 1.00. The third-order valence-corrected chi connectivity index (χ3v) is 2.44. The second kappa shape index (κ2) is 5.58. The molecule has 0 aromatic heterocycles. The van der Waals surface area contributed by atoms with Crippen molar-refractivity contribution < 1.29 is 4.74 Å². The summed E-state index contributed by atoms with van der Waals surface area (Å²) in [5, 5.41) is 0. The summed E-state index contributed by atoms with van der Waals surface area (Å²) in [6.45, 7) is 11.1. The third-order valence-electron chi connectivity index (χ3n) is 2.44. The van der Waals surface area contributed by atoms with Gasteiger partial charge in [0, 0.05) is 31.8 Å². The molecule has 3 heteroatoms. The van der Waals surface area contributed by atoms with Crippen molar-refractivity contribution in [3.05, 3.63) is 0 Å². The van der Waals surface area contributed by atoms with Crippen LogP contribution < -0.4 is 5.73 Å². The number of nitrogens with zero attached hydrogens (tertiary/aromatic N) is 1. The van der Waals surface area contributed by atoms with Gasteiger partial charge < -0.3 is 10.5 Å². The minimum Gasteiger partial charge on any atom is -0.383 e. The highest BCUT2D eigenvalue weighted by molar-refractivity contribution is 4.84. The summed E-state index contributed by atoms with van der Waals surface area (Å²) >= 11 is 0. The van der Waals surface area contributed by atoms with Gasteiger partial charge in [-0.15, -0.1) is 0 Å². The van der Waals surface area contributed by atoms with Crippen molar-refractivity contribution >= 4 is 0 Å². The van der Waals surface area contributed by atoms with Crippen LogP contribution in [0.2, 0.25) is 0 Å². The molecule has 0 aliphatic rings. The average Bonchev–Trinajstić information content (AvgIpc) is 2.04. The predicted molar refractivity (Wildman–Crippen MR) is 56.9 cm³/mol. The lowest BCUT2D eigenvalue weighted by atomic mass is 10.0. The molecule has 0 radical (unpaired) electrons. The molecule has 2 N–H and O–H groups in total. The Kier molecular flexibility index (Phi) is 5.53. The second-order valence-electron chi connectivity index (χ2n) is 4.30. The second-order valence-corrected chi connectivity index (χ2v) is 4.30. The van der Waals surface area contributed by atoms with E-state index in [9.17, 15) is 0 Å². The molecular weight excluding hydrogens is 164 g/mol. The van der Waals surface area contributed by atoms with E-state index in [0.29, 0.717) is 12.6 Å². The first-order valence-electron chi connectivity index (χ1n) is 4.91. The number of methoxy groups -OCH3 is 1. The van der Waals surface area contributed by atoms with Crippen molar-refractivity contribution in [1.29, 1.82) is 0 Å². The number of hydrogen-bond acceptors (Lipinski definition) is 3. The lowest BCUT2D eigenvalue weighted by molar-refractivity contribution is 0.0557. The zero-order valence-corrected chi connectivity index (χ0v) is 9.63. The van der Waals surface area contributed by atoms with Crippen molar-refractivity contribution in [1.82, 2.24) is 4.90 Å². The molecule has 0 heterocycles. The standard InChI is InChI=1S/C10H24N2O/c1-9(2)12(6-7-13-5)10(3,4)8-11/h9H,6-8,11H2,1-5H3. The largest absolute Gasteiger partial charge is 0.383 e. The molecule has 0 aliphatic carbocycles. The first-order chi connectivity index (χ1) is 5.95. The Balaban J connectivity index is 4.23. The molecular formula is C10H24N2O. The van der Waals surface area contributed by atoms with Gasteiger partial charge in [0.1, 0.15) is 0 Å². The highest BCUT2D eigenvalue weighted by atomic mass is 16.5. The lowest BCUT2D eigenvalue weighted by Crippen LogP contribution is -2.53. The predicted octanol–water partition coefficient (Wildman–Crippen LogP) is 1.08. The van der Waals surface area contributed by atoms with Crippen LogP contribution in [0.1, 0.15) is 27.7 Å². The normalized spacial score (nSPS) is 12.9. The van der Waals surface area contributed by atoms with Crippen LogP contribution in [-0.4, -0.2) is 43.3 Å². The summed E-state index contributed by atoms with van der Waals surface area (Å²) in [4.78, 5) is 2.37. The summed E-state index contributed by atoms with van der Waals surface area (Å²) in [6, 6.07) is 0.508. The summed E-state index contributed by atoms with van der Waals surface area (Å²) < 4.78 is 5.08. The smallest absolute Gasteiger partial charge is 0.0590 e. The van der Waals surface area contributed by atoms with Gasteiger partial charge in [-0.05, 0) is 27.7 Å². The maximum Gasteiger partial charge on any atom is 0.0590 e. The van der Waals surface area contributed by atoms with Gasteiger partial charge in [-0.2, -0.15) is 0 Å². The number of nitrogens with two attached hydrogens (primary N) is 1. The van der Waals surface area contributed by atoms with Crippen LogP contribution in [0.3, 0.4) is 0 Å². The molecule has 0 aromatic rings. The van der Waals surface area contributed by atoms with Crippen LogP contribution in [0.5, 0.6) is 0 Å². The minimum atomic E-state index is 0.0622. The number of rotatable bonds is 6. The van der Waals surface area contributed by atoms with Gasteiger partial charge >= 0.3 is 0 Å². The molecule has 0 bridgehead atoms. The molecule has 0 spiro atoms. The first-order valence-corrected chi connectivity index (χ1v) is 4.91. The Morgan fingerprint density at radius 2 is 1.92 bits per heavy atom. The van der Waals surface area contributed by atoms with Crippen molar-refractivity contribution in [2.45, 2.75) is 39.3 Å². The van der Waals surface area contributed by atoms with E-state index >= 15 is 0 Å². The van der Waals surface area contributed by atoms with Gasteiger partial charge in [-0.1, -0.05) is 0 Å². The molecule has 0 unspecified atom stereocenters. The van der Waals surface area contributed by atoms with Crippen molar-refractivity contribution in [3.63, 3.8) is 0 Å². The molecule has 0 fully saturated rings. The number of ether oxygens (including phenoxy) is 1. The van der Waals surface area contributed by atoms with Gasteiger partial charge in [-0.25, -0.2) is 0 Å². The topological polar surface area (TPSA) is 38.5 Å². The van der Waals surface area contributed by atoms with Crippen molar-refractivity contribution in [2.75, 3.05) is 26.8 Å². The highest BCUT2D eigenvalue weighted by Crippen LogP contribution is 2.15. The Hall–Kier alpha value is -0.120. The molecule has 0 amide bonds. The van der Waals surface area contributed by atoms with E-state index in [-0.39, 0.29) is 5.54 Å². The van der Waals surface area contributed by atoms with Crippen LogP contribution >= 0.6 is 0 Å². The third kappa shape index (κ3) is 4.07. The van der Waals surface area contributed by atoms with Gasteiger partial charge in [0.05, 0.1) is 6.61 Å². The maximum absolute atomic E-state index is 5.73. The summed E-state index contributed by atoms with van der Waals surface area (Å²) in [5.74, 6) is 0. The van der Waals surface area contributed by atoms with E-state index in [1.807, 2.05) is 0 Å². The van der Waals surface area contributed by atoms with E-state index in [4.69, 9.17) is 10.5 Å². The lowest BCUT2D eigenvalue weighted by Gasteiger charge is -2.40. The Labute approximate surface area is 82.2 Å². The molecule has 80 valence electrons. The van der Waals surface area contributed by atoms with E-state index < -0.39 is 0 Å². The average molecular weight is 188 g/mol. The highest BCUT2D eigenvalue weighted by Gasteiger charge is 2.26. The van der Waals surface area contributed by atoms with Gasteiger partial charge in [-0.3, -0.25) is 4.90 Å². The van der Waals surface area contributed by atoms with Crippen LogP contribution in [0.25, 0.3) is 0 Å². The zero-order chi connectivity index (χ0) is 10.5. The van der Waals surface area contributed by atoms with E-state index in [1.54, 1.807) is 7.11 Å². The molecule has 0 rings (SSSR count). The van der Waals surface area contributed by atoms with E-state index in [0.717, 1.165) is 13.2 Å². The first kappa shape index (κ1) is 12.9. The van der Waals surface area contributed by atoms with Crippen LogP contribution in [0.4, 0.5) is 0 Å². The van der Waals surface area contributed by atoms with Gasteiger partial charge in [0.15, 0.2) is 0 Å². The van der Waals surface area contributed by atoms with E-state index in [1.165, 1.54) is 0 Å². The maximum atomic E-state index is 5.73. The Bertz CT molecular complexity index is 135. The Morgan fingerprint density at radius 1 is 1.38 bits per heavy atom. The van der Waals surface area contributed by atoms with Crippen LogP contribution in [0.15, 0.2) is 0 Å². The summed E-state index contributed by atoms with van der Waals surface area (Å²) in [7, 11) is 1.73. The van der Waals surface area contributed by atoms with Gasteiger partial charge in [0.25, 0.3) is 0 Å². The Morgan fingerprint density at radius 3 is 2.23 bits per heavy atom. The minimum absolute atomic E-state index is 0.0622. The molecule has 3 nitrogen and oxygen atoms in total. The molecule has 13 heavy (non-hydrogen) atoms. The molecule has 0 atom stereocenters. The molecule has 0 saturated heterocycles. The molecule has 0 aromatic carbocycles. The number of hydrogen-bond donors (Lipinski definition) is 1. The monoisotopic (exact) mass is 188 g/mol. The molecule has 0 saturated carbocycles. The fourth-order valence-corrected chi connectivity index (χ4v) is 1.57. The quantitative estimate of drug-likeness (QED) is 0.678. The summed E-state index contributed by atoms with van der Waals surface area (Å²) in [6.07, 6.45) is 0. The molecule has 0 aliphatic heterocycles. The van der Waals surface area contributed by atoms with Gasteiger partial charge in [0.2, 0.25) is 0 Å². The SMILES string of the molecule is COCCN(C(C)C)C(C)(C)CN. The van der Waals surface area contributed by atoms with E-state index in [2.05, 4.69) is 32.6 Å². The van der Waals surface area contributed by atoms with Crippen LogP contribution in [0, 0.1) is 0 Å². The van der Waals surface area contributed by atoms with Crippen molar-refractivity contribution in [2.24, 2.45) is 5.73 Å². The zero-order valence-electron chi connectivity index (χ0n) is 9.63.